The van der Waals surface area contributed by atoms with Crippen molar-refractivity contribution in [3.05, 3.63) is 53.6 Å². The zero-order valence-electron chi connectivity index (χ0n) is 20.4. The summed E-state index contributed by atoms with van der Waals surface area (Å²) in [5.41, 5.74) is 0.786. The molecule has 4 amide bonds. The Morgan fingerprint density at radius 2 is 1.86 bits per heavy atom. The normalized spacial score (nSPS) is 19.6. The summed E-state index contributed by atoms with van der Waals surface area (Å²) in [6.07, 6.45) is 0.932. The molecule has 0 aliphatic carbocycles. The minimum atomic E-state index is -1.10. The number of imide groups is 1. The number of urea groups is 1. The number of ether oxygens (including phenoxy) is 3. The average Bonchev–Trinajstić information content (AvgIpc) is 3.39. The van der Waals surface area contributed by atoms with E-state index in [9.17, 15) is 14.4 Å². The van der Waals surface area contributed by atoms with E-state index in [0.29, 0.717) is 24.3 Å². The van der Waals surface area contributed by atoms with Crippen LogP contribution in [0.15, 0.2) is 42.5 Å². The van der Waals surface area contributed by atoms with Gasteiger partial charge in [0.1, 0.15) is 17.8 Å². The van der Waals surface area contributed by atoms with Crippen LogP contribution in [0.4, 0.5) is 4.79 Å². The molecule has 9 nitrogen and oxygen atoms in total. The largest absolute Gasteiger partial charge is 0.497 e. The summed E-state index contributed by atoms with van der Waals surface area (Å²) in [4.78, 5) is 39.6. The molecular formula is C26H31N3O6. The minimum absolute atomic E-state index is 0.0995. The highest BCUT2D eigenvalue weighted by atomic mass is 16.7. The Balaban J connectivity index is 1.38. The maximum atomic E-state index is 13.1. The summed E-state index contributed by atoms with van der Waals surface area (Å²) in [5, 5.41) is 5.73. The van der Waals surface area contributed by atoms with Gasteiger partial charge in [-0.3, -0.25) is 14.5 Å². The Hall–Kier alpha value is -3.75. The van der Waals surface area contributed by atoms with Crippen molar-refractivity contribution >= 4 is 17.8 Å². The molecule has 2 aliphatic rings. The number of carbonyl (C=O) groups excluding carboxylic acids is 3. The second-order valence-electron chi connectivity index (χ2n) is 9.40. The summed E-state index contributed by atoms with van der Waals surface area (Å²) < 4.78 is 15.9. The van der Waals surface area contributed by atoms with Crippen molar-refractivity contribution < 1.29 is 28.6 Å². The molecule has 1 fully saturated rings. The summed E-state index contributed by atoms with van der Waals surface area (Å²) >= 11 is 0. The Morgan fingerprint density at radius 1 is 1.14 bits per heavy atom. The lowest BCUT2D eigenvalue weighted by Gasteiger charge is -2.25. The summed E-state index contributed by atoms with van der Waals surface area (Å²) in [6, 6.07) is 12.2. The third-order valence-electron chi connectivity index (χ3n) is 6.46. The first kappa shape index (κ1) is 24.4. The first-order valence-corrected chi connectivity index (χ1v) is 11.7. The molecule has 2 N–H and O–H groups in total. The van der Waals surface area contributed by atoms with E-state index in [1.165, 1.54) is 0 Å². The highest BCUT2D eigenvalue weighted by molar-refractivity contribution is 6.08. The van der Waals surface area contributed by atoms with Crippen LogP contribution < -0.4 is 24.8 Å². The zero-order valence-corrected chi connectivity index (χ0v) is 20.4. The number of benzene rings is 2. The van der Waals surface area contributed by atoms with Gasteiger partial charge in [-0.05, 0) is 61.1 Å². The third-order valence-corrected chi connectivity index (χ3v) is 6.46. The van der Waals surface area contributed by atoms with Gasteiger partial charge in [0.2, 0.25) is 12.7 Å². The SMILES string of the molecule is COc1ccc([C@@H](NC(=O)CN2C(=O)N[C@@](C)(CCc3ccc4c(c3)OCO4)C2=O)C(C)C)cc1. The fraction of sp³-hybridized carbons (Fsp3) is 0.423. The molecule has 0 aromatic heterocycles. The van der Waals surface area contributed by atoms with Gasteiger partial charge in [-0.2, -0.15) is 0 Å². The van der Waals surface area contributed by atoms with Gasteiger partial charge in [0.05, 0.1) is 13.2 Å². The van der Waals surface area contributed by atoms with E-state index in [1.807, 2.05) is 56.3 Å². The van der Waals surface area contributed by atoms with E-state index in [0.717, 1.165) is 21.8 Å². The number of amides is 4. The van der Waals surface area contributed by atoms with Gasteiger partial charge < -0.3 is 24.8 Å². The topological polar surface area (TPSA) is 106 Å². The van der Waals surface area contributed by atoms with Crippen LogP contribution in [0.3, 0.4) is 0 Å². The summed E-state index contributed by atoms with van der Waals surface area (Å²) in [7, 11) is 1.59. The maximum Gasteiger partial charge on any atom is 0.325 e. The van der Waals surface area contributed by atoms with E-state index in [4.69, 9.17) is 14.2 Å². The van der Waals surface area contributed by atoms with Crippen LogP contribution in [0.25, 0.3) is 0 Å². The minimum Gasteiger partial charge on any atom is -0.497 e. The fourth-order valence-corrected chi connectivity index (χ4v) is 4.36. The molecule has 0 radical (unpaired) electrons. The predicted molar refractivity (Wildman–Crippen MR) is 128 cm³/mol. The molecule has 2 heterocycles. The van der Waals surface area contributed by atoms with E-state index < -0.39 is 23.4 Å². The molecule has 9 heteroatoms. The van der Waals surface area contributed by atoms with Crippen LogP contribution in [0.2, 0.25) is 0 Å². The molecule has 186 valence electrons. The predicted octanol–water partition coefficient (Wildman–Crippen LogP) is 3.18. The highest BCUT2D eigenvalue weighted by Gasteiger charge is 2.48. The number of nitrogens with one attached hydrogen (secondary N) is 2. The van der Waals surface area contributed by atoms with E-state index in [1.54, 1.807) is 14.0 Å². The Bertz CT molecular complexity index is 1120. The van der Waals surface area contributed by atoms with Crippen LogP contribution in [0, 0.1) is 5.92 Å². The lowest BCUT2D eigenvalue weighted by molar-refractivity contribution is -0.135. The molecule has 2 atom stereocenters. The van der Waals surface area contributed by atoms with Crippen LogP contribution >= 0.6 is 0 Å². The molecule has 2 aromatic rings. The van der Waals surface area contributed by atoms with Crippen LogP contribution in [0.5, 0.6) is 17.2 Å². The van der Waals surface area contributed by atoms with Gasteiger partial charge in [0, 0.05) is 0 Å². The monoisotopic (exact) mass is 481 g/mol. The first-order valence-electron chi connectivity index (χ1n) is 11.7. The standard InChI is InChI=1S/C26H31N3O6/c1-16(2)23(18-6-8-19(33-4)9-7-18)27-22(30)14-29-24(31)26(3,28-25(29)32)12-11-17-5-10-20-21(13-17)35-15-34-20/h5-10,13,16,23H,11-12,14-15H2,1-4H3,(H,27,30)(H,28,32)/t23-,26-/m0/s1. The molecule has 2 aromatic carbocycles. The van der Waals surface area contributed by atoms with E-state index >= 15 is 0 Å². The van der Waals surface area contributed by atoms with Gasteiger partial charge >= 0.3 is 6.03 Å². The van der Waals surface area contributed by atoms with Crippen molar-refractivity contribution in [1.82, 2.24) is 15.5 Å². The average molecular weight is 482 g/mol. The Labute approximate surface area is 204 Å². The van der Waals surface area contributed by atoms with Gasteiger partial charge in [0.25, 0.3) is 5.91 Å². The highest BCUT2D eigenvalue weighted by Crippen LogP contribution is 2.33. The second-order valence-corrected chi connectivity index (χ2v) is 9.40. The third kappa shape index (κ3) is 5.18. The molecule has 1 saturated heterocycles. The number of aryl methyl sites for hydroxylation is 1. The lowest BCUT2D eigenvalue weighted by atomic mass is 9.93. The van der Waals surface area contributed by atoms with Gasteiger partial charge in [-0.1, -0.05) is 32.0 Å². The number of hydrogen-bond donors (Lipinski definition) is 2. The molecule has 0 saturated carbocycles. The van der Waals surface area contributed by atoms with E-state index in [-0.39, 0.29) is 25.3 Å². The number of fused-ring (bicyclic) bond motifs is 1. The van der Waals surface area contributed by atoms with Crippen molar-refractivity contribution in [1.29, 1.82) is 0 Å². The number of hydrogen-bond acceptors (Lipinski definition) is 6. The molecule has 4 rings (SSSR count). The fourth-order valence-electron chi connectivity index (χ4n) is 4.36. The smallest absolute Gasteiger partial charge is 0.325 e. The van der Waals surface area contributed by atoms with Crippen LogP contribution in [-0.4, -0.2) is 48.7 Å². The number of nitrogens with zero attached hydrogens (tertiary/aromatic N) is 1. The maximum absolute atomic E-state index is 13.1. The summed E-state index contributed by atoms with van der Waals surface area (Å²) in [6.45, 7) is 5.53. The van der Waals surface area contributed by atoms with Crippen molar-refractivity contribution in [2.24, 2.45) is 5.92 Å². The molecule has 0 spiro atoms. The van der Waals surface area contributed by atoms with Crippen molar-refractivity contribution in [2.45, 2.75) is 45.2 Å². The van der Waals surface area contributed by atoms with Crippen molar-refractivity contribution in [3.63, 3.8) is 0 Å². The molecule has 0 unspecified atom stereocenters. The van der Waals surface area contributed by atoms with Crippen LogP contribution in [0.1, 0.15) is 44.4 Å². The first-order chi connectivity index (χ1) is 16.7. The number of rotatable bonds is 9. The van der Waals surface area contributed by atoms with Crippen molar-refractivity contribution in [2.75, 3.05) is 20.4 Å². The number of methoxy groups -OCH3 is 1. The second kappa shape index (κ2) is 9.85. The number of carbonyl (C=O) groups is 3. The summed E-state index contributed by atoms with van der Waals surface area (Å²) in [5.74, 6) is 1.37. The Kier molecular flexibility index (Phi) is 6.86. The molecule has 35 heavy (non-hydrogen) atoms. The van der Waals surface area contributed by atoms with Gasteiger partial charge in [-0.15, -0.1) is 0 Å². The van der Waals surface area contributed by atoms with Crippen molar-refractivity contribution in [3.8, 4) is 17.2 Å². The van der Waals surface area contributed by atoms with Gasteiger partial charge in [-0.25, -0.2) is 4.79 Å². The molecule has 0 bridgehead atoms. The van der Waals surface area contributed by atoms with Crippen LogP contribution in [-0.2, 0) is 16.0 Å². The van der Waals surface area contributed by atoms with E-state index in [2.05, 4.69) is 10.6 Å². The quantitative estimate of drug-likeness (QED) is 0.533. The zero-order chi connectivity index (χ0) is 25.2. The van der Waals surface area contributed by atoms with Gasteiger partial charge in [0.15, 0.2) is 11.5 Å². The Morgan fingerprint density at radius 3 is 2.54 bits per heavy atom. The molecule has 2 aliphatic heterocycles. The lowest BCUT2D eigenvalue weighted by Crippen LogP contribution is -2.46. The molecular weight excluding hydrogens is 450 g/mol.